The van der Waals surface area contributed by atoms with Crippen LogP contribution in [0.1, 0.15) is 30.6 Å². The minimum Gasteiger partial charge on any atom is -0.493 e. The smallest absolute Gasteiger partial charge is 0.125 e. The van der Waals surface area contributed by atoms with Crippen LogP contribution in [0.3, 0.4) is 0 Å². The van der Waals surface area contributed by atoms with Gasteiger partial charge in [-0.2, -0.15) is 0 Å². The van der Waals surface area contributed by atoms with E-state index in [1.54, 1.807) is 0 Å². The Balaban J connectivity index is 0.00000196. The summed E-state index contributed by atoms with van der Waals surface area (Å²) in [6.07, 6.45) is 1.05. The second-order valence-electron chi connectivity index (χ2n) is 6.60. The standard InChI is InChI=1S/C21H25NO3.ClH/c1-2-22-11-13-24-21-18-14-17(25-15-16-6-4-3-5-7-16)8-9-20(18)23-12-10-19(21)22;/h3-9,14,19,21H,2,10-13,15H2,1H3;1H/t19-,21-;/m0./s1. The second-order valence-corrected chi connectivity index (χ2v) is 6.60. The number of nitrogens with zero attached hydrogens (tertiary/aromatic N) is 1. The van der Waals surface area contributed by atoms with Crippen LogP contribution < -0.4 is 9.47 Å². The Kier molecular flexibility index (Phi) is 6.41. The highest BCUT2D eigenvalue weighted by molar-refractivity contribution is 5.85. The Morgan fingerprint density at radius 1 is 1.12 bits per heavy atom. The number of benzene rings is 2. The van der Waals surface area contributed by atoms with Gasteiger partial charge >= 0.3 is 0 Å². The van der Waals surface area contributed by atoms with Crippen LogP contribution in [-0.2, 0) is 11.3 Å². The van der Waals surface area contributed by atoms with Crippen molar-refractivity contribution in [3.8, 4) is 11.5 Å². The van der Waals surface area contributed by atoms with Crippen molar-refractivity contribution >= 4 is 12.4 Å². The lowest BCUT2D eigenvalue weighted by molar-refractivity contribution is -0.0725. The van der Waals surface area contributed by atoms with Gasteiger partial charge in [0.05, 0.1) is 13.2 Å². The molecule has 0 amide bonds. The molecule has 4 rings (SSSR count). The Morgan fingerprint density at radius 2 is 1.96 bits per heavy atom. The molecule has 0 spiro atoms. The fourth-order valence-corrected chi connectivity index (χ4v) is 3.79. The van der Waals surface area contributed by atoms with Gasteiger partial charge in [0.15, 0.2) is 0 Å². The Morgan fingerprint density at radius 3 is 2.77 bits per heavy atom. The fraction of sp³-hybridized carbons (Fsp3) is 0.429. The highest BCUT2D eigenvalue weighted by Gasteiger charge is 2.36. The van der Waals surface area contributed by atoms with Crippen molar-refractivity contribution in [3.05, 3.63) is 59.7 Å². The van der Waals surface area contributed by atoms with E-state index in [1.807, 2.05) is 30.3 Å². The highest BCUT2D eigenvalue weighted by atomic mass is 35.5. The second kappa shape index (κ2) is 8.76. The third-order valence-electron chi connectivity index (χ3n) is 5.11. The number of rotatable bonds is 4. The summed E-state index contributed by atoms with van der Waals surface area (Å²) in [4.78, 5) is 2.50. The lowest BCUT2D eigenvalue weighted by Gasteiger charge is -2.39. The number of halogens is 1. The zero-order valence-corrected chi connectivity index (χ0v) is 15.9. The van der Waals surface area contributed by atoms with Gasteiger partial charge < -0.3 is 14.2 Å². The quantitative estimate of drug-likeness (QED) is 0.800. The number of fused-ring (bicyclic) bond motifs is 3. The van der Waals surface area contributed by atoms with E-state index >= 15 is 0 Å². The molecule has 4 nitrogen and oxygen atoms in total. The number of likely N-dealkylation sites (N-methyl/N-ethyl adjacent to an activating group) is 1. The maximum atomic E-state index is 6.16. The van der Waals surface area contributed by atoms with E-state index in [4.69, 9.17) is 14.2 Å². The van der Waals surface area contributed by atoms with Gasteiger partial charge in [0.25, 0.3) is 0 Å². The van der Waals surface area contributed by atoms with E-state index in [9.17, 15) is 0 Å². The van der Waals surface area contributed by atoms with Gasteiger partial charge in [-0.15, -0.1) is 12.4 Å². The molecule has 2 aromatic carbocycles. The molecule has 0 aliphatic carbocycles. The number of hydrogen-bond acceptors (Lipinski definition) is 4. The van der Waals surface area contributed by atoms with Crippen LogP contribution in [-0.4, -0.2) is 37.2 Å². The summed E-state index contributed by atoms with van der Waals surface area (Å²) in [7, 11) is 0. The third kappa shape index (κ3) is 3.98. The van der Waals surface area contributed by atoms with Crippen LogP contribution in [0.4, 0.5) is 0 Å². The fourth-order valence-electron chi connectivity index (χ4n) is 3.79. The maximum absolute atomic E-state index is 6.16. The van der Waals surface area contributed by atoms with Crippen molar-refractivity contribution in [2.24, 2.45) is 0 Å². The van der Waals surface area contributed by atoms with Crippen molar-refractivity contribution in [2.75, 3.05) is 26.3 Å². The lowest BCUT2D eigenvalue weighted by atomic mass is 9.97. The van der Waals surface area contributed by atoms with E-state index in [-0.39, 0.29) is 18.5 Å². The zero-order valence-electron chi connectivity index (χ0n) is 15.1. The Hall–Kier alpha value is -1.75. The van der Waals surface area contributed by atoms with Crippen molar-refractivity contribution < 1.29 is 14.2 Å². The lowest BCUT2D eigenvalue weighted by Crippen LogP contribution is -2.46. The molecule has 1 fully saturated rings. The molecular formula is C21H26ClNO3. The van der Waals surface area contributed by atoms with Crippen molar-refractivity contribution in [1.29, 1.82) is 0 Å². The Bertz CT molecular complexity index is 710. The first kappa shape index (κ1) is 19.0. The first-order chi connectivity index (χ1) is 12.3. The summed E-state index contributed by atoms with van der Waals surface area (Å²) >= 11 is 0. The molecule has 2 aliphatic rings. The SMILES string of the molecule is CCN1CCO[C@H]2c3cc(OCc4ccccc4)ccc3OCC[C@@H]21.Cl. The average Bonchev–Trinajstić information content (AvgIpc) is 2.86. The van der Waals surface area contributed by atoms with Gasteiger partial charge in [-0.1, -0.05) is 37.3 Å². The molecule has 26 heavy (non-hydrogen) atoms. The summed E-state index contributed by atoms with van der Waals surface area (Å²) < 4.78 is 18.2. The largest absolute Gasteiger partial charge is 0.493 e. The molecule has 0 radical (unpaired) electrons. The molecule has 140 valence electrons. The summed E-state index contributed by atoms with van der Waals surface area (Å²) in [6.45, 7) is 6.33. The molecular weight excluding hydrogens is 350 g/mol. The van der Waals surface area contributed by atoms with Crippen LogP contribution >= 0.6 is 12.4 Å². The molecule has 2 heterocycles. The van der Waals surface area contributed by atoms with Crippen molar-refractivity contribution in [1.82, 2.24) is 4.90 Å². The minimum absolute atomic E-state index is 0. The van der Waals surface area contributed by atoms with Crippen molar-refractivity contribution in [3.63, 3.8) is 0 Å². The van der Waals surface area contributed by atoms with Gasteiger partial charge in [0.1, 0.15) is 24.2 Å². The van der Waals surface area contributed by atoms with Gasteiger partial charge in [0.2, 0.25) is 0 Å². The Labute approximate surface area is 161 Å². The summed E-state index contributed by atoms with van der Waals surface area (Å²) in [5.41, 5.74) is 2.28. The first-order valence-corrected chi connectivity index (χ1v) is 9.14. The van der Waals surface area contributed by atoms with E-state index in [1.165, 1.54) is 0 Å². The van der Waals surface area contributed by atoms with Gasteiger partial charge in [0, 0.05) is 18.2 Å². The predicted molar refractivity (Wildman–Crippen MR) is 104 cm³/mol. The topological polar surface area (TPSA) is 30.9 Å². The normalized spacial score (nSPS) is 22.2. The van der Waals surface area contributed by atoms with Crippen LogP contribution in [0.2, 0.25) is 0 Å². The van der Waals surface area contributed by atoms with Gasteiger partial charge in [-0.3, -0.25) is 4.90 Å². The molecule has 2 aromatic rings. The van der Waals surface area contributed by atoms with E-state index < -0.39 is 0 Å². The first-order valence-electron chi connectivity index (χ1n) is 9.14. The molecule has 2 aliphatic heterocycles. The van der Waals surface area contributed by atoms with E-state index in [0.29, 0.717) is 12.6 Å². The number of hydrogen-bond donors (Lipinski definition) is 0. The summed E-state index contributed by atoms with van der Waals surface area (Å²) in [5, 5.41) is 0. The maximum Gasteiger partial charge on any atom is 0.125 e. The minimum atomic E-state index is 0. The molecule has 5 heteroatoms. The molecule has 0 unspecified atom stereocenters. The van der Waals surface area contributed by atoms with Crippen LogP contribution in [0.25, 0.3) is 0 Å². The van der Waals surface area contributed by atoms with Crippen LogP contribution in [0.5, 0.6) is 11.5 Å². The monoisotopic (exact) mass is 375 g/mol. The van der Waals surface area contributed by atoms with E-state index in [2.05, 4.69) is 30.0 Å². The molecule has 0 aromatic heterocycles. The highest BCUT2D eigenvalue weighted by Crippen LogP contribution is 2.40. The summed E-state index contributed by atoms with van der Waals surface area (Å²) in [5.74, 6) is 1.79. The summed E-state index contributed by atoms with van der Waals surface area (Å²) in [6, 6.07) is 16.7. The molecule has 0 N–H and O–H groups in total. The zero-order chi connectivity index (χ0) is 17.1. The number of morpholine rings is 1. The van der Waals surface area contributed by atoms with E-state index in [0.717, 1.165) is 55.4 Å². The molecule has 2 atom stereocenters. The van der Waals surface area contributed by atoms with Gasteiger partial charge in [-0.25, -0.2) is 0 Å². The molecule has 1 saturated heterocycles. The van der Waals surface area contributed by atoms with Crippen molar-refractivity contribution in [2.45, 2.75) is 32.1 Å². The van der Waals surface area contributed by atoms with Crippen LogP contribution in [0.15, 0.2) is 48.5 Å². The predicted octanol–water partition coefficient (Wildman–Crippen LogP) is 4.23. The van der Waals surface area contributed by atoms with Gasteiger partial charge in [-0.05, 0) is 36.7 Å². The molecule has 0 bridgehead atoms. The average molecular weight is 376 g/mol. The molecule has 0 saturated carbocycles. The number of ether oxygens (including phenoxy) is 3. The van der Waals surface area contributed by atoms with Crippen LogP contribution in [0, 0.1) is 0 Å². The third-order valence-corrected chi connectivity index (χ3v) is 5.11.